The molecule has 1 fully saturated rings. The lowest BCUT2D eigenvalue weighted by atomic mass is 10.0. The Morgan fingerprint density at radius 1 is 1.14 bits per heavy atom. The highest BCUT2D eigenvalue weighted by Gasteiger charge is 2.31. The predicted octanol–water partition coefficient (Wildman–Crippen LogP) is 6.17. The summed E-state index contributed by atoms with van der Waals surface area (Å²) in [5, 5.41) is 3.22. The van der Waals surface area contributed by atoms with Gasteiger partial charge in [0.05, 0.1) is 9.73 Å². The normalized spacial score (nSPS) is 15.3. The van der Waals surface area contributed by atoms with E-state index in [0.717, 1.165) is 60.3 Å². The van der Waals surface area contributed by atoms with E-state index in [1.54, 1.807) is 29.2 Å². The summed E-state index contributed by atoms with van der Waals surface area (Å²) < 4.78 is 8.96. The zero-order valence-corrected chi connectivity index (χ0v) is 24.3. The van der Waals surface area contributed by atoms with Gasteiger partial charge in [-0.25, -0.2) is 4.79 Å². The molecule has 8 heteroatoms. The van der Waals surface area contributed by atoms with Crippen LogP contribution in [0.2, 0.25) is 0 Å². The Labute approximate surface area is 228 Å². The number of carbonyl (C=O) groups excluding carboxylic acids is 1. The van der Waals surface area contributed by atoms with Gasteiger partial charge in [0.2, 0.25) is 0 Å². The Morgan fingerprint density at radius 2 is 1.89 bits per heavy atom. The molecule has 0 N–H and O–H groups in total. The minimum Gasteiger partial charge on any atom is -0.444 e. The third-order valence-electron chi connectivity index (χ3n) is 6.81. The second-order valence-corrected chi connectivity index (χ2v) is 13.2. The van der Waals surface area contributed by atoms with Gasteiger partial charge in [0.25, 0.3) is 5.56 Å². The summed E-state index contributed by atoms with van der Waals surface area (Å²) in [7, 11) is 0. The van der Waals surface area contributed by atoms with Crippen molar-refractivity contribution in [2.75, 3.05) is 31.9 Å². The zero-order valence-electron chi connectivity index (χ0n) is 22.7. The van der Waals surface area contributed by atoms with Gasteiger partial charge in [-0.1, -0.05) is 18.2 Å². The average molecular weight is 542 g/mol. The monoisotopic (exact) mass is 541 g/mol. The maximum atomic E-state index is 13.1. The molecule has 200 valence electrons. The SMILES string of the molecule is Cc1ccc2c(C)cc(=O)n(CCN3CCC(N(CCSc4cccs4)C(=O)OC(C)(C)C)CC3)c2c1. The molecule has 1 aliphatic heterocycles. The molecule has 0 spiro atoms. The minimum absolute atomic E-state index is 0.0600. The molecular formula is C29H39N3O3S2. The summed E-state index contributed by atoms with van der Waals surface area (Å²) >= 11 is 3.52. The molecule has 1 saturated heterocycles. The lowest BCUT2D eigenvalue weighted by molar-refractivity contribution is 0.00979. The van der Waals surface area contributed by atoms with Gasteiger partial charge in [-0.2, -0.15) is 0 Å². The van der Waals surface area contributed by atoms with Crippen molar-refractivity contribution in [2.24, 2.45) is 0 Å². The van der Waals surface area contributed by atoms with Crippen molar-refractivity contribution in [1.82, 2.24) is 14.4 Å². The Balaban J connectivity index is 1.37. The summed E-state index contributed by atoms with van der Waals surface area (Å²) in [5.74, 6) is 0.850. The van der Waals surface area contributed by atoms with Crippen LogP contribution in [0.25, 0.3) is 10.9 Å². The van der Waals surface area contributed by atoms with Gasteiger partial charge < -0.3 is 19.1 Å². The van der Waals surface area contributed by atoms with Gasteiger partial charge in [0.15, 0.2) is 0 Å². The maximum absolute atomic E-state index is 13.1. The first-order chi connectivity index (χ1) is 17.6. The molecular weight excluding hydrogens is 502 g/mol. The number of thioether (sulfide) groups is 1. The molecule has 37 heavy (non-hydrogen) atoms. The molecule has 0 radical (unpaired) electrons. The second-order valence-electron chi connectivity index (χ2n) is 10.9. The first kappa shape index (κ1) is 27.7. The number of benzene rings is 1. The van der Waals surface area contributed by atoms with Crippen LogP contribution in [-0.4, -0.2) is 64.0 Å². The second kappa shape index (κ2) is 12.0. The van der Waals surface area contributed by atoms with Crippen molar-refractivity contribution in [2.45, 2.75) is 69.9 Å². The number of ether oxygens (including phenoxy) is 1. The Hall–Kier alpha value is -2.29. The maximum Gasteiger partial charge on any atom is 0.410 e. The average Bonchev–Trinajstić information content (AvgIpc) is 3.34. The predicted molar refractivity (Wildman–Crippen MR) is 155 cm³/mol. The van der Waals surface area contributed by atoms with Gasteiger partial charge in [0, 0.05) is 56.0 Å². The topological polar surface area (TPSA) is 54.8 Å². The Bertz CT molecular complexity index is 1260. The molecule has 2 aromatic heterocycles. The lowest BCUT2D eigenvalue weighted by Gasteiger charge is -2.39. The van der Waals surface area contributed by atoms with Gasteiger partial charge in [0.1, 0.15) is 5.60 Å². The first-order valence-electron chi connectivity index (χ1n) is 13.1. The molecule has 0 atom stereocenters. The molecule has 1 amide bonds. The molecule has 0 unspecified atom stereocenters. The molecule has 3 heterocycles. The van der Waals surface area contributed by atoms with Crippen molar-refractivity contribution in [1.29, 1.82) is 0 Å². The Morgan fingerprint density at radius 3 is 2.57 bits per heavy atom. The van der Waals surface area contributed by atoms with Gasteiger partial charge in [-0.3, -0.25) is 4.79 Å². The Kier molecular flexibility index (Phi) is 9.03. The van der Waals surface area contributed by atoms with Crippen LogP contribution in [-0.2, 0) is 11.3 Å². The number of piperidine rings is 1. The first-order valence-corrected chi connectivity index (χ1v) is 15.0. The van der Waals surface area contributed by atoms with E-state index in [4.69, 9.17) is 4.74 Å². The zero-order chi connectivity index (χ0) is 26.6. The van der Waals surface area contributed by atoms with Crippen molar-refractivity contribution >= 4 is 40.1 Å². The van der Waals surface area contributed by atoms with Crippen LogP contribution in [0.3, 0.4) is 0 Å². The van der Waals surface area contributed by atoms with Crippen LogP contribution in [0.15, 0.2) is 50.8 Å². The third kappa shape index (κ3) is 7.39. The van der Waals surface area contributed by atoms with Crippen LogP contribution in [0.4, 0.5) is 4.79 Å². The van der Waals surface area contributed by atoms with E-state index in [9.17, 15) is 9.59 Å². The highest BCUT2D eigenvalue weighted by Crippen LogP contribution is 2.26. The van der Waals surface area contributed by atoms with Crippen molar-refractivity contribution in [3.8, 4) is 0 Å². The molecule has 1 aliphatic rings. The fourth-order valence-electron chi connectivity index (χ4n) is 4.92. The largest absolute Gasteiger partial charge is 0.444 e. The third-order valence-corrected chi connectivity index (χ3v) is 8.92. The number of hydrogen-bond donors (Lipinski definition) is 0. The van der Waals surface area contributed by atoms with Crippen molar-refractivity contribution < 1.29 is 9.53 Å². The molecule has 3 aromatic rings. The summed E-state index contributed by atoms with van der Waals surface area (Å²) in [6, 6.07) is 12.4. The van der Waals surface area contributed by atoms with Crippen LogP contribution in [0.5, 0.6) is 0 Å². The lowest BCUT2D eigenvalue weighted by Crippen LogP contribution is -2.50. The molecule has 0 bridgehead atoms. The van der Waals surface area contributed by atoms with Crippen LogP contribution in [0, 0.1) is 13.8 Å². The van der Waals surface area contributed by atoms with E-state index in [-0.39, 0.29) is 17.7 Å². The van der Waals surface area contributed by atoms with Gasteiger partial charge in [-0.15, -0.1) is 23.1 Å². The molecule has 0 saturated carbocycles. The number of aromatic nitrogens is 1. The van der Waals surface area contributed by atoms with Gasteiger partial charge in [-0.05, 0) is 76.1 Å². The van der Waals surface area contributed by atoms with E-state index in [2.05, 4.69) is 47.5 Å². The molecule has 1 aromatic carbocycles. The summed E-state index contributed by atoms with van der Waals surface area (Å²) in [6.45, 7) is 13.8. The number of hydrogen-bond acceptors (Lipinski definition) is 6. The van der Waals surface area contributed by atoms with Crippen LogP contribution < -0.4 is 5.56 Å². The number of likely N-dealkylation sites (tertiary alicyclic amines) is 1. The molecule has 6 nitrogen and oxygen atoms in total. The summed E-state index contributed by atoms with van der Waals surface area (Å²) in [5.41, 5.74) is 2.74. The summed E-state index contributed by atoms with van der Waals surface area (Å²) in [6.07, 6.45) is 1.60. The smallest absolute Gasteiger partial charge is 0.410 e. The minimum atomic E-state index is -0.515. The number of amides is 1. The number of pyridine rings is 1. The quantitative estimate of drug-likeness (QED) is 0.319. The van der Waals surface area contributed by atoms with Gasteiger partial charge >= 0.3 is 6.09 Å². The van der Waals surface area contributed by atoms with E-state index >= 15 is 0 Å². The number of fused-ring (bicyclic) bond motifs is 1. The standard InChI is InChI=1S/C29H39N3O3S2/c1-21-8-9-24-22(2)20-26(33)32(25(24)19-21)15-14-30-12-10-23(11-13-30)31(28(34)35-29(3,4)5)16-18-37-27-7-6-17-36-27/h6-9,17,19-20,23H,10-16,18H2,1-5H3. The fraction of sp³-hybridized carbons (Fsp3) is 0.517. The number of nitrogens with zero attached hydrogens (tertiary/aromatic N) is 3. The highest BCUT2D eigenvalue weighted by atomic mass is 32.2. The van der Waals surface area contributed by atoms with Crippen molar-refractivity contribution in [3.63, 3.8) is 0 Å². The van der Waals surface area contributed by atoms with Crippen molar-refractivity contribution in [3.05, 3.63) is 63.3 Å². The highest BCUT2D eigenvalue weighted by molar-refractivity contribution is 8.01. The number of rotatable bonds is 8. The van der Waals surface area contributed by atoms with E-state index in [1.165, 1.54) is 4.21 Å². The van der Waals surface area contributed by atoms with E-state index < -0.39 is 5.60 Å². The summed E-state index contributed by atoms with van der Waals surface area (Å²) in [4.78, 5) is 30.3. The molecule has 0 aliphatic carbocycles. The van der Waals surface area contributed by atoms with Crippen LogP contribution in [0.1, 0.15) is 44.7 Å². The van der Waals surface area contributed by atoms with E-state index in [0.29, 0.717) is 13.1 Å². The van der Waals surface area contributed by atoms with E-state index in [1.807, 2.05) is 37.2 Å². The molecule has 4 rings (SSSR count). The van der Waals surface area contributed by atoms with Crippen LogP contribution >= 0.6 is 23.1 Å². The number of carbonyl (C=O) groups is 1. The number of aryl methyl sites for hydroxylation is 2. The fourth-order valence-corrected chi connectivity index (χ4v) is 6.72. The number of thiophene rings is 1.